The maximum atomic E-state index is 14.0. The molecule has 3 nitrogen and oxygen atoms in total. The Kier molecular flexibility index (Phi) is 6.62. The van der Waals surface area contributed by atoms with Gasteiger partial charge in [-0.2, -0.15) is 0 Å². The highest BCUT2D eigenvalue weighted by atomic mass is 19.1. The molecule has 0 aliphatic heterocycles. The molecule has 0 fully saturated rings. The van der Waals surface area contributed by atoms with Crippen molar-refractivity contribution >= 4 is 0 Å². The van der Waals surface area contributed by atoms with E-state index in [-0.39, 0.29) is 23.1 Å². The zero-order valence-electron chi connectivity index (χ0n) is 14.2. The number of hydrogen-bond acceptors (Lipinski definition) is 3. The van der Waals surface area contributed by atoms with Crippen LogP contribution in [0.3, 0.4) is 0 Å². The molecular weight excluding hydrogens is 267 g/mol. The number of methoxy groups -OCH3 is 1. The lowest BCUT2D eigenvalue weighted by Crippen LogP contribution is -2.52. The number of ether oxygens (including phenoxy) is 1. The zero-order chi connectivity index (χ0) is 16.0. The molecule has 0 saturated carbocycles. The van der Waals surface area contributed by atoms with Crippen LogP contribution in [-0.4, -0.2) is 37.2 Å². The van der Waals surface area contributed by atoms with E-state index in [1.54, 1.807) is 12.1 Å². The molecule has 1 N–H and O–H groups in total. The van der Waals surface area contributed by atoms with Crippen molar-refractivity contribution in [3.05, 3.63) is 29.6 Å². The first-order valence-corrected chi connectivity index (χ1v) is 7.74. The van der Waals surface area contributed by atoms with Gasteiger partial charge in [0.1, 0.15) is 0 Å². The Bertz CT molecular complexity index is 444. The average molecular weight is 296 g/mol. The summed E-state index contributed by atoms with van der Waals surface area (Å²) < 4.78 is 19.0. The molecule has 1 atom stereocenters. The largest absolute Gasteiger partial charge is 0.494 e. The Morgan fingerprint density at radius 3 is 2.29 bits per heavy atom. The molecule has 0 bridgehead atoms. The molecule has 1 rings (SSSR count). The van der Waals surface area contributed by atoms with Crippen molar-refractivity contribution < 1.29 is 9.13 Å². The Labute approximate surface area is 128 Å². The smallest absolute Gasteiger partial charge is 0.165 e. The molecule has 0 aliphatic rings. The minimum absolute atomic E-state index is 0.0582. The van der Waals surface area contributed by atoms with Crippen LogP contribution in [0.15, 0.2) is 18.2 Å². The molecule has 0 saturated heterocycles. The molecular formula is C17H29FN2O. The van der Waals surface area contributed by atoms with Crippen LogP contribution in [0.4, 0.5) is 4.39 Å². The van der Waals surface area contributed by atoms with Crippen molar-refractivity contribution in [2.24, 2.45) is 0 Å². The van der Waals surface area contributed by atoms with E-state index in [4.69, 9.17) is 4.74 Å². The van der Waals surface area contributed by atoms with E-state index in [0.29, 0.717) is 0 Å². The second kappa shape index (κ2) is 7.76. The number of halogens is 1. The summed E-state index contributed by atoms with van der Waals surface area (Å²) in [4.78, 5) is 2.39. The van der Waals surface area contributed by atoms with Crippen molar-refractivity contribution in [3.63, 3.8) is 0 Å². The van der Waals surface area contributed by atoms with Gasteiger partial charge in [0.2, 0.25) is 0 Å². The minimum atomic E-state index is -0.312. The molecule has 4 heteroatoms. The van der Waals surface area contributed by atoms with E-state index in [1.807, 2.05) is 6.07 Å². The molecule has 0 aliphatic carbocycles. The summed E-state index contributed by atoms with van der Waals surface area (Å²) in [5, 5.41) is 3.50. The van der Waals surface area contributed by atoms with Gasteiger partial charge in [-0.1, -0.05) is 26.8 Å². The van der Waals surface area contributed by atoms with Gasteiger partial charge in [-0.15, -0.1) is 0 Å². The molecule has 1 unspecified atom stereocenters. The molecule has 0 amide bonds. The maximum absolute atomic E-state index is 14.0. The third-order valence-electron chi connectivity index (χ3n) is 4.20. The summed E-state index contributed by atoms with van der Waals surface area (Å²) in [6, 6.07) is 5.29. The fourth-order valence-electron chi connectivity index (χ4n) is 3.06. The quantitative estimate of drug-likeness (QED) is 0.793. The second-order valence-corrected chi connectivity index (χ2v) is 5.71. The molecule has 0 heterocycles. The van der Waals surface area contributed by atoms with Crippen molar-refractivity contribution in [1.29, 1.82) is 0 Å². The van der Waals surface area contributed by atoms with Crippen LogP contribution in [0, 0.1) is 5.82 Å². The minimum Gasteiger partial charge on any atom is -0.494 e. The molecule has 0 radical (unpaired) electrons. The summed E-state index contributed by atoms with van der Waals surface area (Å²) in [7, 11) is 1.49. The molecule has 120 valence electrons. The third-order valence-corrected chi connectivity index (χ3v) is 4.20. The van der Waals surface area contributed by atoms with E-state index in [9.17, 15) is 4.39 Å². The topological polar surface area (TPSA) is 24.5 Å². The Morgan fingerprint density at radius 2 is 1.86 bits per heavy atom. The lowest BCUT2D eigenvalue weighted by Gasteiger charge is -2.44. The Hall–Kier alpha value is -1.13. The SMILES string of the molecule is CCNC(c1ccc(OC)c(F)c1)C(C)(C)N(CC)CC. The normalized spacial score (nSPS) is 13.5. The summed E-state index contributed by atoms with van der Waals surface area (Å²) >= 11 is 0. The fraction of sp³-hybridized carbons (Fsp3) is 0.647. The predicted molar refractivity (Wildman–Crippen MR) is 86.4 cm³/mol. The van der Waals surface area contributed by atoms with Crippen molar-refractivity contribution in [3.8, 4) is 5.75 Å². The highest BCUT2D eigenvalue weighted by molar-refractivity contribution is 5.32. The number of likely N-dealkylation sites (N-methyl/N-ethyl adjacent to an activating group) is 2. The van der Waals surface area contributed by atoms with Crippen LogP contribution >= 0.6 is 0 Å². The second-order valence-electron chi connectivity index (χ2n) is 5.71. The Morgan fingerprint density at radius 1 is 1.24 bits per heavy atom. The number of benzene rings is 1. The van der Waals surface area contributed by atoms with E-state index in [0.717, 1.165) is 25.2 Å². The maximum Gasteiger partial charge on any atom is 0.165 e. The zero-order valence-corrected chi connectivity index (χ0v) is 14.2. The van der Waals surface area contributed by atoms with Gasteiger partial charge in [0.15, 0.2) is 11.6 Å². The van der Waals surface area contributed by atoms with E-state index < -0.39 is 0 Å². The lowest BCUT2D eigenvalue weighted by molar-refractivity contribution is 0.0917. The van der Waals surface area contributed by atoms with Gasteiger partial charge in [0.05, 0.1) is 13.2 Å². The fourth-order valence-corrected chi connectivity index (χ4v) is 3.06. The average Bonchev–Trinajstić information content (AvgIpc) is 2.45. The van der Waals surface area contributed by atoms with Crippen LogP contribution in [0.1, 0.15) is 46.2 Å². The van der Waals surface area contributed by atoms with Gasteiger partial charge in [0, 0.05) is 5.54 Å². The van der Waals surface area contributed by atoms with Gasteiger partial charge in [0.25, 0.3) is 0 Å². The predicted octanol–water partition coefficient (Wildman–Crippen LogP) is 3.61. The van der Waals surface area contributed by atoms with Gasteiger partial charge >= 0.3 is 0 Å². The summed E-state index contributed by atoms with van der Waals surface area (Å²) in [5.41, 5.74) is 0.840. The first-order chi connectivity index (χ1) is 9.92. The standard InChI is InChI=1S/C17H29FN2O/c1-7-19-16(17(4,5)20(8-2)9-3)13-10-11-15(21-6)14(18)12-13/h10-12,16,19H,7-9H2,1-6H3. The van der Waals surface area contributed by atoms with Crippen LogP contribution in [0.25, 0.3) is 0 Å². The van der Waals surface area contributed by atoms with Gasteiger partial charge in [-0.25, -0.2) is 4.39 Å². The highest BCUT2D eigenvalue weighted by Gasteiger charge is 2.34. The van der Waals surface area contributed by atoms with E-state index in [2.05, 4.69) is 44.8 Å². The summed E-state index contributed by atoms with van der Waals surface area (Å²) in [5.74, 6) is -0.0251. The van der Waals surface area contributed by atoms with Gasteiger partial charge in [-0.05, 0) is 51.2 Å². The van der Waals surface area contributed by atoms with Crippen molar-refractivity contribution in [1.82, 2.24) is 10.2 Å². The number of hydrogen-bond donors (Lipinski definition) is 1. The number of rotatable bonds is 8. The van der Waals surface area contributed by atoms with Crippen LogP contribution in [0.5, 0.6) is 5.75 Å². The van der Waals surface area contributed by atoms with Crippen LogP contribution in [-0.2, 0) is 0 Å². The van der Waals surface area contributed by atoms with Crippen molar-refractivity contribution in [2.45, 2.75) is 46.2 Å². The molecule has 0 aromatic heterocycles. The lowest BCUT2D eigenvalue weighted by atomic mass is 9.86. The van der Waals surface area contributed by atoms with Crippen LogP contribution < -0.4 is 10.1 Å². The van der Waals surface area contributed by atoms with Crippen LogP contribution in [0.2, 0.25) is 0 Å². The highest BCUT2D eigenvalue weighted by Crippen LogP contribution is 2.32. The number of nitrogens with zero attached hydrogens (tertiary/aromatic N) is 1. The number of nitrogens with one attached hydrogen (secondary N) is 1. The van der Waals surface area contributed by atoms with E-state index in [1.165, 1.54) is 7.11 Å². The summed E-state index contributed by atoms with van der Waals surface area (Å²) in [6.45, 7) is 13.6. The molecule has 1 aromatic carbocycles. The first-order valence-electron chi connectivity index (χ1n) is 7.74. The first kappa shape index (κ1) is 17.9. The molecule has 0 spiro atoms. The Balaban J connectivity index is 3.19. The summed E-state index contributed by atoms with van der Waals surface area (Å²) in [6.07, 6.45) is 0. The third kappa shape index (κ3) is 3.95. The van der Waals surface area contributed by atoms with Gasteiger partial charge < -0.3 is 10.1 Å². The van der Waals surface area contributed by atoms with Crippen molar-refractivity contribution in [2.75, 3.05) is 26.7 Å². The molecule has 1 aromatic rings. The van der Waals surface area contributed by atoms with E-state index >= 15 is 0 Å². The monoisotopic (exact) mass is 296 g/mol. The van der Waals surface area contributed by atoms with Gasteiger partial charge in [-0.3, -0.25) is 4.90 Å². The molecule has 21 heavy (non-hydrogen) atoms.